The highest BCUT2D eigenvalue weighted by molar-refractivity contribution is 5.83. The van der Waals surface area contributed by atoms with E-state index in [1.165, 1.54) is 13.4 Å². The lowest BCUT2D eigenvalue weighted by molar-refractivity contribution is -0.141. The van der Waals surface area contributed by atoms with Crippen LogP contribution in [0.4, 0.5) is 0 Å². The third kappa shape index (κ3) is 3.68. The van der Waals surface area contributed by atoms with Crippen LogP contribution >= 0.6 is 0 Å². The van der Waals surface area contributed by atoms with E-state index in [0.29, 0.717) is 11.6 Å². The first-order valence-corrected chi connectivity index (χ1v) is 6.02. The second-order valence-corrected chi connectivity index (χ2v) is 4.04. The SMILES string of the molecule is COC(=O)CNC(=O)Cc1coc(-c2ccccc2)n1. The summed E-state index contributed by atoms with van der Waals surface area (Å²) in [7, 11) is 1.26. The molecule has 2 rings (SSSR count). The fourth-order valence-electron chi connectivity index (χ4n) is 1.57. The van der Waals surface area contributed by atoms with Crippen molar-refractivity contribution in [3.63, 3.8) is 0 Å². The number of hydrogen-bond donors (Lipinski definition) is 1. The molecular formula is C14H14N2O4. The fraction of sp³-hybridized carbons (Fsp3) is 0.214. The Kier molecular flexibility index (Phi) is 4.49. The largest absolute Gasteiger partial charge is 0.468 e. The van der Waals surface area contributed by atoms with Crippen molar-refractivity contribution in [1.29, 1.82) is 0 Å². The molecule has 0 spiro atoms. The number of nitrogens with one attached hydrogen (secondary N) is 1. The number of carbonyl (C=O) groups excluding carboxylic acids is 2. The van der Waals surface area contributed by atoms with Crippen molar-refractivity contribution in [2.75, 3.05) is 13.7 Å². The van der Waals surface area contributed by atoms with E-state index < -0.39 is 5.97 Å². The van der Waals surface area contributed by atoms with Gasteiger partial charge in [0.25, 0.3) is 0 Å². The van der Waals surface area contributed by atoms with Gasteiger partial charge >= 0.3 is 5.97 Å². The van der Waals surface area contributed by atoms with E-state index in [0.717, 1.165) is 5.56 Å². The second-order valence-electron chi connectivity index (χ2n) is 4.04. The number of carbonyl (C=O) groups is 2. The monoisotopic (exact) mass is 274 g/mol. The molecule has 1 heterocycles. The van der Waals surface area contributed by atoms with Gasteiger partial charge in [0.05, 0.1) is 19.2 Å². The Labute approximate surface area is 115 Å². The number of oxazole rings is 1. The van der Waals surface area contributed by atoms with Crippen LogP contribution in [0.25, 0.3) is 11.5 Å². The summed E-state index contributed by atoms with van der Waals surface area (Å²) in [6.45, 7) is -0.154. The highest BCUT2D eigenvalue weighted by Gasteiger charge is 2.11. The number of hydrogen-bond acceptors (Lipinski definition) is 5. The molecule has 0 saturated carbocycles. The first kappa shape index (κ1) is 13.8. The zero-order valence-electron chi connectivity index (χ0n) is 11.0. The summed E-state index contributed by atoms with van der Waals surface area (Å²) < 4.78 is 9.74. The summed E-state index contributed by atoms with van der Waals surface area (Å²) in [5.74, 6) is -0.354. The third-order valence-electron chi connectivity index (χ3n) is 2.57. The molecule has 0 aliphatic heterocycles. The summed E-state index contributed by atoms with van der Waals surface area (Å²) in [5.41, 5.74) is 1.35. The summed E-state index contributed by atoms with van der Waals surface area (Å²) in [6, 6.07) is 9.39. The molecule has 0 aliphatic rings. The van der Waals surface area contributed by atoms with Gasteiger partial charge in [-0.2, -0.15) is 0 Å². The van der Waals surface area contributed by atoms with Gasteiger partial charge in [0.15, 0.2) is 0 Å². The third-order valence-corrected chi connectivity index (χ3v) is 2.57. The first-order valence-electron chi connectivity index (χ1n) is 6.02. The van der Waals surface area contributed by atoms with Gasteiger partial charge in [0.1, 0.15) is 12.8 Å². The topological polar surface area (TPSA) is 81.4 Å². The number of ether oxygens (including phenoxy) is 1. The van der Waals surface area contributed by atoms with Gasteiger partial charge in [-0.15, -0.1) is 0 Å². The average molecular weight is 274 g/mol. The van der Waals surface area contributed by atoms with Crippen LogP contribution < -0.4 is 5.32 Å². The smallest absolute Gasteiger partial charge is 0.325 e. The van der Waals surface area contributed by atoms with Gasteiger partial charge in [-0.05, 0) is 12.1 Å². The Hall–Kier alpha value is -2.63. The predicted octanol–water partition coefficient (Wildman–Crippen LogP) is 1.17. The number of esters is 1. The Bertz CT molecular complexity index is 592. The molecule has 1 N–H and O–H groups in total. The van der Waals surface area contributed by atoms with Crippen LogP contribution in [0.3, 0.4) is 0 Å². The molecule has 0 unspecified atom stereocenters. The van der Waals surface area contributed by atoms with Crippen molar-refractivity contribution in [1.82, 2.24) is 10.3 Å². The number of aromatic nitrogens is 1. The van der Waals surface area contributed by atoms with Crippen molar-refractivity contribution < 1.29 is 18.7 Å². The molecule has 0 aliphatic carbocycles. The maximum Gasteiger partial charge on any atom is 0.325 e. The Morgan fingerprint density at radius 1 is 1.30 bits per heavy atom. The van der Waals surface area contributed by atoms with Gasteiger partial charge in [0.2, 0.25) is 11.8 Å². The van der Waals surface area contributed by atoms with E-state index in [1.807, 2.05) is 30.3 Å². The first-order chi connectivity index (χ1) is 9.69. The number of benzene rings is 1. The van der Waals surface area contributed by atoms with Crippen LogP contribution in [-0.2, 0) is 20.7 Å². The Morgan fingerprint density at radius 3 is 2.75 bits per heavy atom. The Balaban J connectivity index is 1.93. The summed E-state index contributed by atoms with van der Waals surface area (Å²) >= 11 is 0. The van der Waals surface area contributed by atoms with E-state index in [4.69, 9.17) is 4.42 Å². The fourth-order valence-corrected chi connectivity index (χ4v) is 1.57. The van der Waals surface area contributed by atoms with Crippen LogP contribution in [0.15, 0.2) is 41.0 Å². The van der Waals surface area contributed by atoms with Crippen LogP contribution in [0.2, 0.25) is 0 Å². The molecule has 0 radical (unpaired) electrons. The van der Waals surface area contributed by atoms with Crippen molar-refractivity contribution in [3.05, 3.63) is 42.3 Å². The molecule has 0 atom stereocenters. The number of amides is 1. The summed E-state index contributed by atoms with van der Waals surface area (Å²) in [6.07, 6.45) is 1.48. The molecule has 1 aromatic heterocycles. The lowest BCUT2D eigenvalue weighted by Crippen LogP contribution is -2.31. The second kappa shape index (κ2) is 6.51. The van der Waals surface area contributed by atoms with Gasteiger partial charge in [-0.25, -0.2) is 4.98 Å². The van der Waals surface area contributed by atoms with Gasteiger partial charge in [-0.1, -0.05) is 18.2 Å². The van der Waals surface area contributed by atoms with E-state index in [1.54, 1.807) is 0 Å². The summed E-state index contributed by atoms with van der Waals surface area (Å²) in [4.78, 5) is 26.7. The van der Waals surface area contributed by atoms with Crippen LogP contribution in [0.5, 0.6) is 0 Å². The van der Waals surface area contributed by atoms with Gasteiger partial charge in [0, 0.05) is 5.56 Å². The zero-order valence-corrected chi connectivity index (χ0v) is 11.0. The van der Waals surface area contributed by atoms with Crippen LogP contribution in [0, 0.1) is 0 Å². The van der Waals surface area contributed by atoms with Crippen molar-refractivity contribution in [2.45, 2.75) is 6.42 Å². The highest BCUT2D eigenvalue weighted by atomic mass is 16.5. The molecule has 6 nitrogen and oxygen atoms in total. The van der Waals surface area contributed by atoms with Gasteiger partial charge in [-0.3, -0.25) is 9.59 Å². The molecule has 20 heavy (non-hydrogen) atoms. The lowest BCUT2D eigenvalue weighted by Gasteiger charge is -2.01. The maximum atomic E-state index is 11.6. The minimum Gasteiger partial charge on any atom is -0.468 e. The van der Waals surface area contributed by atoms with Crippen molar-refractivity contribution >= 4 is 11.9 Å². The van der Waals surface area contributed by atoms with Crippen LogP contribution in [0.1, 0.15) is 5.69 Å². The standard InChI is InChI=1S/C14H14N2O4/c1-19-13(18)8-15-12(17)7-11-9-20-14(16-11)10-5-3-2-4-6-10/h2-6,9H,7-8H2,1H3,(H,15,17). The number of rotatable bonds is 5. The Morgan fingerprint density at radius 2 is 2.05 bits per heavy atom. The molecule has 1 aromatic carbocycles. The minimum absolute atomic E-state index is 0.0489. The van der Waals surface area contributed by atoms with E-state index in [-0.39, 0.29) is 18.9 Å². The molecule has 2 aromatic rings. The lowest BCUT2D eigenvalue weighted by atomic mass is 10.2. The zero-order chi connectivity index (χ0) is 14.4. The summed E-state index contributed by atoms with van der Waals surface area (Å²) in [5, 5.41) is 2.44. The molecule has 0 fully saturated rings. The van der Waals surface area contributed by atoms with E-state index >= 15 is 0 Å². The minimum atomic E-state index is -0.497. The molecule has 104 valence electrons. The molecular weight excluding hydrogens is 260 g/mol. The average Bonchev–Trinajstić information content (AvgIpc) is 2.94. The number of nitrogens with zero attached hydrogens (tertiary/aromatic N) is 1. The van der Waals surface area contributed by atoms with E-state index in [9.17, 15) is 9.59 Å². The maximum absolute atomic E-state index is 11.6. The predicted molar refractivity (Wildman–Crippen MR) is 70.7 cm³/mol. The normalized spacial score (nSPS) is 10.1. The van der Waals surface area contributed by atoms with E-state index in [2.05, 4.69) is 15.0 Å². The van der Waals surface area contributed by atoms with Gasteiger partial charge < -0.3 is 14.5 Å². The quantitative estimate of drug-likeness (QED) is 0.828. The van der Waals surface area contributed by atoms with Crippen LogP contribution in [-0.4, -0.2) is 30.5 Å². The molecule has 1 amide bonds. The van der Waals surface area contributed by atoms with Crippen molar-refractivity contribution in [2.24, 2.45) is 0 Å². The molecule has 0 saturated heterocycles. The number of methoxy groups -OCH3 is 1. The highest BCUT2D eigenvalue weighted by Crippen LogP contribution is 2.17. The van der Waals surface area contributed by atoms with Crippen molar-refractivity contribution in [3.8, 4) is 11.5 Å². The molecule has 0 bridgehead atoms. The molecule has 6 heteroatoms.